The van der Waals surface area contributed by atoms with Crippen molar-refractivity contribution >= 4 is 33.8 Å². The fourth-order valence-corrected chi connectivity index (χ4v) is 4.09. The number of fused-ring (bicyclic) bond motifs is 1. The van der Waals surface area contributed by atoms with E-state index in [-0.39, 0.29) is 5.91 Å². The van der Waals surface area contributed by atoms with Crippen LogP contribution in [0.4, 0.5) is 5.69 Å². The Kier molecular flexibility index (Phi) is 3.62. The summed E-state index contributed by atoms with van der Waals surface area (Å²) in [5, 5.41) is 10.3. The van der Waals surface area contributed by atoms with Crippen molar-refractivity contribution in [1.82, 2.24) is 10.1 Å². The van der Waals surface area contributed by atoms with E-state index in [0.717, 1.165) is 40.0 Å². The third kappa shape index (κ3) is 2.73. The fraction of sp³-hybridized carbons (Fsp3) is 0.190. The Morgan fingerprint density at radius 2 is 2.04 bits per heavy atom. The molecule has 1 aromatic carbocycles. The summed E-state index contributed by atoms with van der Waals surface area (Å²) < 4.78 is 5.50. The van der Waals surface area contributed by atoms with Gasteiger partial charge in [0.25, 0.3) is 0 Å². The summed E-state index contributed by atoms with van der Waals surface area (Å²) in [5.74, 6) is 0.675. The minimum absolute atomic E-state index is 0.0377. The summed E-state index contributed by atoms with van der Waals surface area (Å²) >= 11 is 1.59. The third-order valence-electron chi connectivity index (χ3n) is 5.04. The smallest absolute Gasteiger partial charge is 0.236 e. The van der Waals surface area contributed by atoms with Gasteiger partial charge in [-0.05, 0) is 43.3 Å². The highest BCUT2D eigenvalue weighted by Crippen LogP contribution is 2.49. The first-order valence-corrected chi connectivity index (χ1v) is 9.73. The molecule has 134 valence electrons. The van der Waals surface area contributed by atoms with Crippen LogP contribution in [0.3, 0.4) is 0 Å². The quantitative estimate of drug-likeness (QED) is 0.549. The molecular formula is C21H17N3O2S. The lowest BCUT2D eigenvalue weighted by Crippen LogP contribution is -2.28. The molecule has 0 bridgehead atoms. The van der Waals surface area contributed by atoms with Crippen molar-refractivity contribution in [1.29, 1.82) is 0 Å². The Morgan fingerprint density at radius 1 is 1.19 bits per heavy atom. The topological polar surface area (TPSA) is 68.0 Å². The van der Waals surface area contributed by atoms with Crippen molar-refractivity contribution in [2.24, 2.45) is 0 Å². The zero-order valence-corrected chi connectivity index (χ0v) is 15.5. The van der Waals surface area contributed by atoms with Crippen LogP contribution in [0, 0.1) is 6.92 Å². The van der Waals surface area contributed by atoms with Crippen molar-refractivity contribution in [2.75, 3.05) is 5.32 Å². The summed E-state index contributed by atoms with van der Waals surface area (Å²) in [5.41, 5.74) is 2.64. The number of amides is 1. The molecule has 3 aromatic heterocycles. The van der Waals surface area contributed by atoms with Gasteiger partial charge in [-0.2, -0.15) is 0 Å². The van der Waals surface area contributed by atoms with E-state index < -0.39 is 5.41 Å². The van der Waals surface area contributed by atoms with E-state index in [9.17, 15) is 4.79 Å². The fourth-order valence-electron chi connectivity index (χ4n) is 3.41. The number of rotatable bonds is 4. The molecule has 4 aromatic rings. The highest BCUT2D eigenvalue weighted by molar-refractivity contribution is 7.13. The number of pyridine rings is 1. The second-order valence-corrected chi connectivity index (χ2v) is 7.87. The lowest BCUT2D eigenvalue weighted by molar-refractivity contribution is -0.118. The normalized spacial score (nSPS) is 15.0. The maximum atomic E-state index is 13.1. The average Bonchev–Trinajstić information content (AvgIpc) is 3.08. The van der Waals surface area contributed by atoms with Gasteiger partial charge < -0.3 is 9.84 Å². The molecule has 3 heterocycles. The number of carbonyl (C=O) groups excluding carboxylic acids is 1. The van der Waals surface area contributed by atoms with Crippen LogP contribution in [0.15, 0.2) is 58.4 Å². The lowest BCUT2D eigenvalue weighted by atomic mass is 10.0. The van der Waals surface area contributed by atoms with E-state index in [1.807, 2.05) is 60.8 Å². The Morgan fingerprint density at radius 3 is 2.81 bits per heavy atom. The number of carbonyl (C=O) groups is 1. The molecule has 1 aliphatic carbocycles. The first-order valence-electron chi connectivity index (χ1n) is 8.85. The van der Waals surface area contributed by atoms with Crippen molar-refractivity contribution in [3.8, 4) is 10.6 Å². The second kappa shape index (κ2) is 6.03. The van der Waals surface area contributed by atoms with Crippen molar-refractivity contribution in [3.05, 3.63) is 65.3 Å². The van der Waals surface area contributed by atoms with Crippen LogP contribution in [0.25, 0.3) is 21.5 Å². The van der Waals surface area contributed by atoms with Crippen LogP contribution in [-0.2, 0) is 10.2 Å². The number of nitrogens with one attached hydrogen (secondary N) is 1. The van der Waals surface area contributed by atoms with Crippen molar-refractivity contribution in [2.45, 2.75) is 25.2 Å². The largest absolute Gasteiger partial charge is 0.355 e. The minimum atomic E-state index is -0.600. The summed E-state index contributed by atoms with van der Waals surface area (Å²) in [7, 11) is 0. The van der Waals surface area contributed by atoms with Gasteiger partial charge in [-0.3, -0.25) is 9.78 Å². The van der Waals surface area contributed by atoms with Gasteiger partial charge in [0.15, 0.2) is 5.76 Å². The van der Waals surface area contributed by atoms with Gasteiger partial charge >= 0.3 is 0 Å². The van der Waals surface area contributed by atoms with Crippen LogP contribution in [0.1, 0.15) is 24.2 Å². The zero-order chi connectivity index (χ0) is 18.4. The van der Waals surface area contributed by atoms with Gasteiger partial charge in [-0.15, -0.1) is 11.3 Å². The number of thiophene rings is 1. The van der Waals surface area contributed by atoms with E-state index in [1.165, 1.54) is 0 Å². The van der Waals surface area contributed by atoms with Gasteiger partial charge in [0.2, 0.25) is 5.91 Å². The minimum Gasteiger partial charge on any atom is -0.355 e. The van der Waals surface area contributed by atoms with E-state index in [2.05, 4.69) is 15.5 Å². The van der Waals surface area contributed by atoms with Gasteiger partial charge in [-0.25, -0.2) is 0 Å². The standard InChI is InChI=1S/C21H17N3O2S/c1-13-11-16(14-5-2-3-6-15(14)22-13)23-20(25)21(8-9-21)19-12-17(26-24-19)18-7-4-10-27-18/h2-7,10-12H,8-9H2,1H3,(H,22,23,25). The molecule has 0 spiro atoms. The number of nitrogens with zero attached hydrogens (tertiary/aromatic N) is 2. The maximum Gasteiger partial charge on any atom is 0.236 e. The van der Waals surface area contributed by atoms with Gasteiger partial charge in [0, 0.05) is 17.1 Å². The summed E-state index contributed by atoms with van der Waals surface area (Å²) in [4.78, 5) is 18.7. The average molecular weight is 375 g/mol. The molecule has 1 N–H and O–H groups in total. The van der Waals surface area contributed by atoms with E-state index in [0.29, 0.717) is 11.5 Å². The summed E-state index contributed by atoms with van der Waals surface area (Å²) in [6.45, 7) is 1.93. The van der Waals surface area contributed by atoms with Crippen LogP contribution in [-0.4, -0.2) is 16.0 Å². The molecule has 0 atom stereocenters. The molecule has 27 heavy (non-hydrogen) atoms. The van der Waals surface area contributed by atoms with Crippen LogP contribution >= 0.6 is 11.3 Å². The van der Waals surface area contributed by atoms with Crippen molar-refractivity contribution in [3.63, 3.8) is 0 Å². The number of benzene rings is 1. The number of anilines is 1. The Balaban J connectivity index is 1.46. The Hall–Kier alpha value is -2.99. The van der Waals surface area contributed by atoms with E-state index >= 15 is 0 Å². The molecule has 0 saturated heterocycles. The molecular weight excluding hydrogens is 358 g/mol. The highest BCUT2D eigenvalue weighted by Gasteiger charge is 2.54. The van der Waals surface area contributed by atoms with E-state index in [4.69, 9.17) is 4.52 Å². The predicted molar refractivity (Wildman–Crippen MR) is 106 cm³/mol. The second-order valence-electron chi connectivity index (χ2n) is 6.92. The SMILES string of the molecule is Cc1cc(NC(=O)C2(c3cc(-c4cccs4)on3)CC2)c2ccccc2n1. The van der Waals surface area contributed by atoms with Crippen LogP contribution in [0.2, 0.25) is 0 Å². The van der Waals surface area contributed by atoms with Crippen LogP contribution < -0.4 is 5.32 Å². The maximum absolute atomic E-state index is 13.1. The van der Waals surface area contributed by atoms with Gasteiger partial charge in [0.1, 0.15) is 0 Å². The van der Waals surface area contributed by atoms with Gasteiger partial charge in [0.05, 0.1) is 27.2 Å². The first-order chi connectivity index (χ1) is 13.2. The Labute approximate surface area is 160 Å². The number of aryl methyl sites for hydroxylation is 1. The molecule has 5 rings (SSSR count). The van der Waals surface area contributed by atoms with E-state index in [1.54, 1.807) is 11.3 Å². The third-order valence-corrected chi connectivity index (χ3v) is 5.93. The molecule has 0 aliphatic heterocycles. The van der Waals surface area contributed by atoms with Crippen molar-refractivity contribution < 1.29 is 9.32 Å². The molecule has 1 amide bonds. The number of hydrogen-bond donors (Lipinski definition) is 1. The molecule has 1 aliphatic rings. The molecule has 1 fully saturated rings. The highest BCUT2D eigenvalue weighted by atomic mass is 32.1. The van der Waals surface area contributed by atoms with Gasteiger partial charge in [-0.1, -0.05) is 29.4 Å². The lowest BCUT2D eigenvalue weighted by Gasteiger charge is -2.14. The summed E-state index contributed by atoms with van der Waals surface area (Å²) in [6, 6.07) is 15.6. The number of hydrogen-bond acceptors (Lipinski definition) is 5. The molecule has 5 nitrogen and oxygen atoms in total. The molecule has 0 unspecified atom stereocenters. The Bertz CT molecular complexity index is 1140. The monoisotopic (exact) mass is 375 g/mol. The number of aromatic nitrogens is 2. The van der Waals surface area contributed by atoms with Crippen LogP contribution in [0.5, 0.6) is 0 Å². The molecule has 6 heteroatoms. The first kappa shape index (κ1) is 16.2. The number of para-hydroxylation sites is 1. The molecule has 0 radical (unpaired) electrons. The zero-order valence-electron chi connectivity index (χ0n) is 14.7. The molecule has 1 saturated carbocycles. The summed E-state index contributed by atoms with van der Waals surface area (Å²) in [6.07, 6.45) is 1.55. The predicted octanol–water partition coefficient (Wildman–Crippen LogP) is 4.93.